The number of nitriles is 1. The van der Waals surface area contributed by atoms with Crippen molar-refractivity contribution in [1.82, 2.24) is 14.9 Å². The second-order valence-corrected chi connectivity index (χ2v) is 6.30. The van der Waals surface area contributed by atoms with Crippen molar-refractivity contribution < 1.29 is 13.6 Å². The van der Waals surface area contributed by atoms with E-state index in [4.69, 9.17) is 5.26 Å². The number of hydrogen-bond donors (Lipinski definition) is 0. The van der Waals surface area contributed by atoms with E-state index in [1.165, 1.54) is 0 Å². The number of halogens is 2. The minimum atomic E-state index is -2.64. The van der Waals surface area contributed by atoms with Crippen LogP contribution in [0, 0.1) is 17.2 Å². The first-order valence-corrected chi connectivity index (χ1v) is 8.13. The average Bonchev–Trinajstić information content (AvgIpc) is 2.61. The van der Waals surface area contributed by atoms with Crippen LogP contribution in [0.15, 0.2) is 12.3 Å². The first kappa shape index (κ1) is 16.6. The smallest absolute Gasteiger partial charge is 0.251 e. The molecule has 0 unspecified atom stereocenters. The number of amides is 1. The van der Waals surface area contributed by atoms with Crippen molar-refractivity contribution >= 4 is 11.9 Å². The van der Waals surface area contributed by atoms with Crippen LogP contribution >= 0.6 is 0 Å². The van der Waals surface area contributed by atoms with Gasteiger partial charge in [-0.15, -0.1) is 0 Å². The fraction of sp³-hybridized carbons (Fsp3) is 0.625. The topological polar surface area (TPSA) is 73.1 Å². The van der Waals surface area contributed by atoms with Crippen molar-refractivity contribution in [2.75, 3.05) is 31.1 Å². The molecule has 0 atom stereocenters. The molecule has 3 rings (SSSR count). The van der Waals surface area contributed by atoms with Crippen LogP contribution in [0.2, 0.25) is 0 Å². The number of aromatic nitrogens is 2. The molecule has 2 fully saturated rings. The Labute approximate surface area is 139 Å². The molecular formula is C16H19F2N5O. The molecule has 2 aliphatic rings. The molecule has 0 bridgehead atoms. The first-order valence-electron chi connectivity index (χ1n) is 8.13. The largest absolute Gasteiger partial charge is 0.342 e. The summed E-state index contributed by atoms with van der Waals surface area (Å²) in [6.07, 6.45) is 2.35. The van der Waals surface area contributed by atoms with E-state index in [9.17, 15) is 13.6 Å². The fourth-order valence-electron chi connectivity index (χ4n) is 3.20. The van der Waals surface area contributed by atoms with Gasteiger partial charge in [0, 0.05) is 51.1 Å². The molecular weight excluding hydrogens is 316 g/mol. The third-order valence-corrected chi connectivity index (χ3v) is 4.69. The van der Waals surface area contributed by atoms with Crippen LogP contribution in [-0.4, -0.2) is 52.9 Å². The Morgan fingerprint density at radius 1 is 1.25 bits per heavy atom. The molecule has 6 nitrogen and oxygen atoms in total. The summed E-state index contributed by atoms with van der Waals surface area (Å²) < 4.78 is 26.4. The normalized spacial score (nSPS) is 21.4. The molecule has 0 spiro atoms. The summed E-state index contributed by atoms with van der Waals surface area (Å²) in [6.45, 7) is 1.52. The van der Waals surface area contributed by atoms with Crippen LogP contribution < -0.4 is 4.90 Å². The van der Waals surface area contributed by atoms with E-state index in [1.54, 1.807) is 17.2 Å². The van der Waals surface area contributed by atoms with Gasteiger partial charge in [0.25, 0.3) is 5.92 Å². The zero-order valence-electron chi connectivity index (χ0n) is 13.3. The lowest BCUT2D eigenvalue weighted by molar-refractivity contribution is -0.142. The number of piperidine rings is 2. The average molecular weight is 335 g/mol. The molecule has 0 N–H and O–H groups in total. The van der Waals surface area contributed by atoms with Crippen molar-refractivity contribution in [2.45, 2.75) is 31.6 Å². The molecule has 128 valence electrons. The third-order valence-electron chi connectivity index (χ3n) is 4.69. The Morgan fingerprint density at radius 3 is 2.54 bits per heavy atom. The molecule has 2 saturated heterocycles. The zero-order chi connectivity index (χ0) is 17.2. The number of rotatable bonds is 2. The highest BCUT2D eigenvalue weighted by Crippen LogP contribution is 2.30. The van der Waals surface area contributed by atoms with Crippen LogP contribution in [0.5, 0.6) is 0 Å². The number of carbonyl (C=O) groups excluding carboxylic acids is 1. The zero-order valence-corrected chi connectivity index (χ0v) is 13.3. The second kappa shape index (κ2) is 6.67. The summed E-state index contributed by atoms with van der Waals surface area (Å²) in [5.41, 5.74) is 0.312. The molecule has 0 radical (unpaired) electrons. The molecule has 0 aliphatic carbocycles. The second-order valence-electron chi connectivity index (χ2n) is 6.30. The summed E-state index contributed by atoms with van der Waals surface area (Å²) in [7, 11) is 0. The molecule has 0 saturated carbocycles. The van der Waals surface area contributed by atoms with Crippen LogP contribution in [0.3, 0.4) is 0 Å². The van der Waals surface area contributed by atoms with Crippen molar-refractivity contribution in [3.8, 4) is 6.07 Å². The quantitative estimate of drug-likeness (QED) is 0.824. The van der Waals surface area contributed by atoms with Crippen molar-refractivity contribution in [3.05, 3.63) is 18.0 Å². The Kier molecular flexibility index (Phi) is 4.60. The highest BCUT2D eigenvalue weighted by Gasteiger charge is 2.38. The summed E-state index contributed by atoms with van der Waals surface area (Å²) in [5.74, 6) is -2.29. The minimum absolute atomic E-state index is 0.0168. The highest BCUT2D eigenvalue weighted by molar-refractivity contribution is 5.79. The Hall–Kier alpha value is -2.30. The Bertz CT molecular complexity index is 642. The van der Waals surface area contributed by atoms with Crippen molar-refractivity contribution in [3.63, 3.8) is 0 Å². The van der Waals surface area contributed by atoms with Crippen LogP contribution in [0.25, 0.3) is 0 Å². The number of nitrogens with zero attached hydrogens (tertiary/aromatic N) is 5. The third kappa shape index (κ3) is 3.61. The van der Waals surface area contributed by atoms with Crippen LogP contribution in [0.4, 0.5) is 14.7 Å². The van der Waals surface area contributed by atoms with E-state index in [1.807, 2.05) is 11.0 Å². The van der Waals surface area contributed by atoms with E-state index in [-0.39, 0.29) is 37.8 Å². The van der Waals surface area contributed by atoms with Gasteiger partial charge in [0.1, 0.15) is 11.8 Å². The molecule has 1 aromatic rings. The molecule has 3 heterocycles. The molecule has 0 aromatic carbocycles. The lowest BCUT2D eigenvalue weighted by atomic mass is 9.94. The van der Waals surface area contributed by atoms with Gasteiger partial charge in [-0.2, -0.15) is 5.26 Å². The number of carbonyl (C=O) groups is 1. The highest BCUT2D eigenvalue weighted by atomic mass is 19.3. The maximum absolute atomic E-state index is 13.2. The van der Waals surface area contributed by atoms with Gasteiger partial charge in [-0.3, -0.25) is 4.79 Å². The van der Waals surface area contributed by atoms with Gasteiger partial charge < -0.3 is 9.80 Å². The van der Waals surface area contributed by atoms with Gasteiger partial charge in [0.05, 0.1) is 0 Å². The van der Waals surface area contributed by atoms with Crippen LogP contribution in [-0.2, 0) is 4.79 Å². The Morgan fingerprint density at radius 2 is 1.92 bits per heavy atom. The van der Waals surface area contributed by atoms with E-state index in [2.05, 4.69) is 9.97 Å². The monoisotopic (exact) mass is 335 g/mol. The molecule has 2 aliphatic heterocycles. The molecule has 8 heteroatoms. The number of alkyl halides is 2. The van der Waals surface area contributed by atoms with E-state index >= 15 is 0 Å². The lowest BCUT2D eigenvalue weighted by Gasteiger charge is -2.37. The molecule has 1 aromatic heterocycles. The van der Waals surface area contributed by atoms with E-state index < -0.39 is 5.92 Å². The van der Waals surface area contributed by atoms with Gasteiger partial charge in [0.15, 0.2) is 0 Å². The van der Waals surface area contributed by atoms with Gasteiger partial charge in [0.2, 0.25) is 11.9 Å². The van der Waals surface area contributed by atoms with E-state index in [0.29, 0.717) is 37.6 Å². The van der Waals surface area contributed by atoms with Gasteiger partial charge in [-0.05, 0) is 18.9 Å². The number of anilines is 1. The SMILES string of the molecule is N#Cc1ccnc(N2CCC(C(=O)N3CCC(F)(F)CC3)CC2)n1. The number of hydrogen-bond acceptors (Lipinski definition) is 5. The summed E-state index contributed by atoms with van der Waals surface area (Å²) in [4.78, 5) is 24.4. The standard InChI is InChI=1S/C16H19F2N5O/c17-16(18)4-9-22(10-5-16)14(24)12-2-7-23(8-3-12)15-20-6-1-13(11-19)21-15/h1,6,12H,2-5,7-10H2. The van der Waals surface area contributed by atoms with E-state index in [0.717, 1.165) is 0 Å². The maximum Gasteiger partial charge on any atom is 0.251 e. The predicted octanol–water partition coefficient (Wildman–Crippen LogP) is 1.82. The van der Waals surface area contributed by atoms with Gasteiger partial charge in [-0.1, -0.05) is 0 Å². The summed E-state index contributed by atoms with van der Waals surface area (Å²) in [5, 5.41) is 8.89. The van der Waals surface area contributed by atoms with Crippen molar-refractivity contribution in [2.24, 2.45) is 5.92 Å². The molecule has 24 heavy (non-hydrogen) atoms. The first-order chi connectivity index (χ1) is 11.5. The summed E-state index contributed by atoms with van der Waals surface area (Å²) in [6, 6.07) is 3.53. The minimum Gasteiger partial charge on any atom is -0.342 e. The molecule has 1 amide bonds. The van der Waals surface area contributed by atoms with Crippen LogP contribution in [0.1, 0.15) is 31.4 Å². The fourth-order valence-corrected chi connectivity index (χ4v) is 3.20. The summed E-state index contributed by atoms with van der Waals surface area (Å²) >= 11 is 0. The lowest BCUT2D eigenvalue weighted by Crippen LogP contribution is -2.47. The Balaban J connectivity index is 1.55. The van der Waals surface area contributed by atoms with Crippen molar-refractivity contribution in [1.29, 1.82) is 5.26 Å². The van der Waals surface area contributed by atoms with Gasteiger partial charge in [-0.25, -0.2) is 18.7 Å². The number of likely N-dealkylation sites (tertiary alicyclic amines) is 1. The maximum atomic E-state index is 13.2. The van der Waals surface area contributed by atoms with Gasteiger partial charge >= 0.3 is 0 Å². The predicted molar refractivity (Wildman–Crippen MR) is 82.4 cm³/mol.